The highest BCUT2D eigenvalue weighted by molar-refractivity contribution is 7.20. The van der Waals surface area contributed by atoms with Gasteiger partial charge in [0, 0.05) is 12.7 Å². The fraction of sp³-hybridized carbons (Fsp3) is 0.200. The Morgan fingerprint density at radius 1 is 1.12 bits per heavy atom. The van der Waals surface area contributed by atoms with E-state index in [9.17, 15) is 14.4 Å². The van der Waals surface area contributed by atoms with E-state index in [2.05, 4.69) is 10.3 Å². The lowest BCUT2D eigenvalue weighted by molar-refractivity contribution is -0.123. The number of carbonyl (C=O) groups excluding carboxylic acids is 2. The van der Waals surface area contributed by atoms with Gasteiger partial charge in [0.1, 0.15) is 22.1 Å². The average Bonchev–Trinajstić information content (AvgIpc) is 3.18. The molecular formula is C25H23N3O5S. The summed E-state index contributed by atoms with van der Waals surface area (Å²) in [6, 6.07) is 16.7. The number of amides is 1. The molecule has 0 aliphatic rings. The van der Waals surface area contributed by atoms with Gasteiger partial charge in [0.05, 0.1) is 11.7 Å². The molecule has 34 heavy (non-hydrogen) atoms. The summed E-state index contributed by atoms with van der Waals surface area (Å²) in [6.45, 7) is 3.60. The fourth-order valence-electron chi connectivity index (χ4n) is 3.29. The van der Waals surface area contributed by atoms with Crippen molar-refractivity contribution in [2.24, 2.45) is 7.05 Å². The number of hydrogen-bond acceptors (Lipinski definition) is 7. The molecule has 1 N–H and O–H groups in total. The van der Waals surface area contributed by atoms with Crippen molar-refractivity contribution < 1.29 is 19.1 Å². The lowest BCUT2D eigenvalue weighted by Gasteiger charge is -2.14. The minimum atomic E-state index is -1.04. The van der Waals surface area contributed by atoms with Crippen LogP contribution in [0.2, 0.25) is 0 Å². The number of aromatic nitrogens is 2. The van der Waals surface area contributed by atoms with E-state index in [1.165, 1.54) is 17.8 Å². The van der Waals surface area contributed by atoms with Crippen LogP contribution < -0.4 is 15.6 Å². The van der Waals surface area contributed by atoms with Crippen molar-refractivity contribution in [3.8, 4) is 5.75 Å². The van der Waals surface area contributed by atoms with Crippen LogP contribution in [0.1, 0.15) is 27.7 Å². The molecular weight excluding hydrogens is 454 g/mol. The number of aryl methyl sites for hydroxylation is 2. The maximum atomic E-state index is 12.7. The van der Waals surface area contributed by atoms with Gasteiger partial charge in [-0.3, -0.25) is 9.59 Å². The zero-order valence-corrected chi connectivity index (χ0v) is 19.7. The second-order valence-corrected chi connectivity index (χ2v) is 8.73. The third-order valence-corrected chi connectivity index (χ3v) is 6.40. The molecule has 0 spiro atoms. The Hall–Kier alpha value is -3.98. The molecule has 1 amide bonds. The number of anilines is 1. The molecule has 0 fully saturated rings. The molecule has 2 aromatic carbocycles. The van der Waals surface area contributed by atoms with E-state index in [0.717, 1.165) is 16.9 Å². The van der Waals surface area contributed by atoms with E-state index in [0.29, 0.717) is 33.8 Å². The van der Waals surface area contributed by atoms with Crippen molar-refractivity contribution in [2.45, 2.75) is 26.6 Å². The number of fused-ring (bicyclic) bond motifs is 1. The number of carbonyl (C=O) groups is 2. The number of rotatable bonds is 7. The molecule has 4 aromatic rings. The van der Waals surface area contributed by atoms with Crippen LogP contribution in [-0.2, 0) is 23.2 Å². The van der Waals surface area contributed by atoms with E-state index >= 15 is 0 Å². The van der Waals surface area contributed by atoms with Crippen molar-refractivity contribution in [2.75, 3.05) is 5.32 Å². The summed E-state index contributed by atoms with van der Waals surface area (Å²) in [5.41, 5.74) is 1.86. The predicted molar refractivity (Wildman–Crippen MR) is 130 cm³/mol. The summed E-state index contributed by atoms with van der Waals surface area (Å²) in [5, 5.41) is 3.11. The van der Waals surface area contributed by atoms with Gasteiger partial charge < -0.3 is 19.4 Å². The van der Waals surface area contributed by atoms with Gasteiger partial charge in [0.15, 0.2) is 6.10 Å². The molecule has 1 unspecified atom stereocenters. The molecule has 9 heteroatoms. The molecule has 2 aromatic heterocycles. The number of esters is 1. The van der Waals surface area contributed by atoms with E-state index in [4.69, 9.17) is 9.47 Å². The molecule has 0 bridgehead atoms. The summed E-state index contributed by atoms with van der Waals surface area (Å²) in [4.78, 5) is 42.5. The second-order valence-electron chi connectivity index (χ2n) is 7.73. The van der Waals surface area contributed by atoms with Crippen molar-refractivity contribution >= 4 is 39.1 Å². The largest absolute Gasteiger partial charge is 0.489 e. The van der Waals surface area contributed by atoms with Gasteiger partial charge in [0.25, 0.3) is 11.5 Å². The molecule has 1 atom stereocenters. The topological polar surface area (TPSA) is 99.5 Å². The lowest BCUT2D eigenvalue weighted by Crippen LogP contribution is -2.30. The number of benzene rings is 2. The number of nitrogens with one attached hydrogen (secondary N) is 1. The highest BCUT2D eigenvalue weighted by Gasteiger charge is 2.24. The van der Waals surface area contributed by atoms with Crippen LogP contribution in [0.15, 0.2) is 65.7 Å². The van der Waals surface area contributed by atoms with Crippen LogP contribution in [0.4, 0.5) is 5.69 Å². The minimum absolute atomic E-state index is 0.236. The maximum absolute atomic E-state index is 12.7. The van der Waals surface area contributed by atoms with Gasteiger partial charge in [-0.2, -0.15) is 0 Å². The molecule has 4 rings (SSSR count). The standard InChI is InChI=1S/C25H23N3O5S/c1-15-20-23(26-14-28(3)24(20)30)34-21(15)25(31)33-16(2)22(29)27-18-9-11-19(12-10-18)32-13-17-7-5-4-6-8-17/h4-12,14,16H,13H2,1-3H3,(H,27,29). The summed E-state index contributed by atoms with van der Waals surface area (Å²) >= 11 is 1.07. The Morgan fingerprint density at radius 3 is 2.53 bits per heavy atom. The van der Waals surface area contributed by atoms with Crippen LogP contribution in [-0.4, -0.2) is 27.5 Å². The molecule has 0 saturated carbocycles. The lowest BCUT2D eigenvalue weighted by atomic mass is 10.2. The number of ether oxygens (including phenoxy) is 2. The highest BCUT2D eigenvalue weighted by atomic mass is 32.1. The average molecular weight is 478 g/mol. The Morgan fingerprint density at radius 2 is 1.82 bits per heavy atom. The van der Waals surface area contributed by atoms with Gasteiger partial charge >= 0.3 is 5.97 Å². The maximum Gasteiger partial charge on any atom is 0.349 e. The SMILES string of the molecule is Cc1c(C(=O)OC(C)C(=O)Nc2ccc(OCc3ccccc3)cc2)sc2ncn(C)c(=O)c12. The Labute approximate surface area is 199 Å². The minimum Gasteiger partial charge on any atom is -0.489 e. The Balaban J connectivity index is 1.36. The van der Waals surface area contributed by atoms with Crippen molar-refractivity contribution in [3.05, 3.63) is 87.3 Å². The van der Waals surface area contributed by atoms with Crippen LogP contribution in [0.5, 0.6) is 5.75 Å². The van der Waals surface area contributed by atoms with Gasteiger partial charge in [-0.25, -0.2) is 9.78 Å². The van der Waals surface area contributed by atoms with Gasteiger partial charge in [0.2, 0.25) is 0 Å². The molecule has 0 aliphatic carbocycles. The zero-order chi connectivity index (χ0) is 24.2. The van der Waals surface area contributed by atoms with Crippen molar-refractivity contribution in [3.63, 3.8) is 0 Å². The molecule has 2 heterocycles. The first-order chi connectivity index (χ1) is 16.3. The summed E-state index contributed by atoms with van der Waals surface area (Å²) in [5.74, 6) is -0.477. The van der Waals surface area contributed by atoms with Gasteiger partial charge in [-0.15, -0.1) is 11.3 Å². The molecule has 174 valence electrons. The predicted octanol–water partition coefficient (Wildman–Crippen LogP) is 4.07. The van der Waals surface area contributed by atoms with E-state index in [1.54, 1.807) is 38.2 Å². The highest BCUT2D eigenvalue weighted by Crippen LogP contribution is 2.27. The Bertz CT molecular complexity index is 1390. The first-order valence-electron chi connectivity index (χ1n) is 10.6. The quantitative estimate of drug-likeness (QED) is 0.403. The van der Waals surface area contributed by atoms with E-state index in [1.807, 2.05) is 30.3 Å². The Kier molecular flexibility index (Phi) is 6.74. The first-order valence-corrected chi connectivity index (χ1v) is 11.4. The monoisotopic (exact) mass is 477 g/mol. The third kappa shape index (κ3) is 4.99. The van der Waals surface area contributed by atoms with Crippen molar-refractivity contribution in [1.29, 1.82) is 0 Å². The third-order valence-electron chi connectivity index (χ3n) is 5.22. The van der Waals surface area contributed by atoms with Crippen LogP contribution in [0.3, 0.4) is 0 Å². The van der Waals surface area contributed by atoms with E-state index in [-0.39, 0.29) is 10.4 Å². The normalized spacial score (nSPS) is 11.7. The second kappa shape index (κ2) is 9.88. The van der Waals surface area contributed by atoms with Gasteiger partial charge in [-0.1, -0.05) is 30.3 Å². The van der Waals surface area contributed by atoms with Crippen LogP contribution in [0.25, 0.3) is 10.2 Å². The smallest absolute Gasteiger partial charge is 0.349 e. The van der Waals surface area contributed by atoms with Crippen LogP contribution >= 0.6 is 11.3 Å². The fourth-order valence-corrected chi connectivity index (χ4v) is 4.31. The zero-order valence-electron chi connectivity index (χ0n) is 18.9. The summed E-state index contributed by atoms with van der Waals surface area (Å²) in [7, 11) is 1.60. The summed E-state index contributed by atoms with van der Waals surface area (Å²) < 4.78 is 12.5. The number of hydrogen-bond donors (Lipinski definition) is 1. The number of nitrogens with zero attached hydrogens (tertiary/aromatic N) is 2. The van der Waals surface area contributed by atoms with Gasteiger partial charge in [-0.05, 0) is 49.2 Å². The first kappa shape index (κ1) is 23.2. The molecule has 0 aliphatic heterocycles. The molecule has 0 radical (unpaired) electrons. The molecule has 8 nitrogen and oxygen atoms in total. The van der Waals surface area contributed by atoms with Crippen LogP contribution in [0, 0.1) is 6.92 Å². The van der Waals surface area contributed by atoms with Crippen molar-refractivity contribution in [1.82, 2.24) is 9.55 Å². The number of thiophene rings is 1. The summed E-state index contributed by atoms with van der Waals surface area (Å²) in [6.07, 6.45) is 0.367. The molecule has 0 saturated heterocycles. The van der Waals surface area contributed by atoms with E-state index < -0.39 is 18.0 Å².